The molecular weight excluding hydrogens is 154 g/mol. The predicted molar refractivity (Wildman–Crippen MR) is 47.0 cm³/mol. The Bertz CT molecular complexity index is 284. The lowest BCUT2D eigenvalue weighted by atomic mass is 10.3. The number of ether oxygens (including phenoxy) is 1. The number of carbonyl (C=O) groups is 1. The summed E-state index contributed by atoms with van der Waals surface area (Å²) in [4.78, 5) is 10.6. The Morgan fingerprint density at radius 1 is 1.50 bits per heavy atom. The smallest absolute Gasteiger partial charge is 0.224 e. The number of benzene rings is 1. The molecule has 0 aliphatic rings. The lowest BCUT2D eigenvalue weighted by Crippen LogP contribution is -2.07. The normalized spacial score (nSPS) is 9.17. The summed E-state index contributed by atoms with van der Waals surface area (Å²) < 4.78 is 5.00. The van der Waals surface area contributed by atoms with Crippen LogP contribution >= 0.6 is 0 Å². The number of anilines is 1. The van der Waals surface area contributed by atoms with E-state index in [1.165, 1.54) is 0 Å². The van der Waals surface area contributed by atoms with Gasteiger partial charge in [-0.05, 0) is 12.1 Å². The Balaban J connectivity index is 2.89. The summed E-state index contributed by atoms with van der Waals surface area (Å²) in [6.07, 6.45) is 0. The Labute approximate surface area is 71.4 Å². The standard InChI is InChI=1S/C9H10NO2/c1-7(11)10-8-5-3-4-6-9(8)12-2/h3-6H,1H2,2H3,(H,10,11). The molecule has 1 radical (unpaired) electrons. The summed E-state index contributed by atoms with van der Waals surface area (Å²) in [5.74, 6) is 0.286. The summed E-state index contributed by atoms with van der Waals surface area (Å²) >= 11 is 0. The molecule has 0 saturated carbocycles. The molecule has 0 spiro atoms. The highest BCUT2D eigenvalue weighted by atomic mass is 16.5. The van der Waals surface area contributed by atoms with E-state index in [1.54, 1.807) is 19.2 Å². The molecule has 3 nitrogen and oxygen atoms in total. The summed E-state index contributed by atoms with van der Waals surface area (Å²) in [6, 6.07) is 7.17. The van der Waals surface area contributed by atoms with Crippen LogP contribution in [0, 0.1) is 6.92 Å². The van der Waals surface area contributed by atoms with Crippen LogP contribution in [0.4, 0.5) is 5.69 Å². The molecule has 1 amide bonds. The van der Waals surface area contributed by atoms with Crippen LogP contribution in [0.2, 0.25) is 0 Å². The van der Waals surface area contributed by atoms with E-state index in [-0.39, 0.29) is 5.91 Å². The Morgan fingerprint density at radius 3 is 2.75 bits per heavy atom. The zero-order valence-electron chi connectivity index (χ0n) is 6.83. The third kappa shape index (κ3) is 1.99. The topological polar surface area (TPSA) is 38.3 Å². The van der Waals surface area contributed by atoms with Crippen molar-refractivity contribution in [2.45, 2.75) is 0 Å². The number of rotatable bonds is 2. The molecule has 0 saturated heterocycles. The van der Waals surface area contributed by atoms with Gasteiger partial charge < -0.3 is 10.1 Å². The molecule has 1 rings (SSSR count). The van der Waals surface area contributed by atoms with Crippen molar-refractivity contribution in [2.24, 2.45) is 0 Å². The van der Waals surface area contributed by atoms with E-state index in [0.29, 0.717) is 11.4 Å². The molecule has 1 N–H and O–H groups in total. The first kappa shape index (κ1) is 8.59. The largest absolute Gasteiger partial charge is 0.495 e. The number of amides is 1. The first-order valence-electron chi connectivity index (χ1n) is 3.50. The van der Waals surface area contributed by atoms with Gasteiger partial charge in [0.05, 0.1) is 12.8 Å². The second-order valence-electron chi connectivity index (χ2n) is 2.25. The van der Waals surface area contributed by atoms with Gasteiger partial charge in [-0.25, -0.2) is 0 Å². The number of hydrogen-bond donors (Lipinski definition) is 1. The molecule has 1 aromatic carbocycles. The minimum absolute atomic E-state index is 0.348. The zero-order chi connectivity index (χ0) is 8.97. The maximum absolute atomic E-state index is 10.6. The van der Waals surface area contributed by atoms with Crippen molar-refractivity contribution in [2.75, 3.05) is 12.4 Å². The number of nitrogens with one attached hydrogen (secondary N) is 1. The van der Waals surface area contributed by atoms with E-state index in [0.717, 1.165) is 0 Å². The van der Waals surface area contributed by atoms with Gasteiger partial charge in [0, 0.05) is 6.92 Å². The van der Waals surface area contributed by atoms with Crippen molar-refractivity contribution >= 4 is 11.6 Å². The van der Waals surface area contributed by atoms with Crippen LogP contribution in [0.25, 0.3) is 0 Å². The average molecular weight is 164 g/mol. The molecule has 0 fully saturated rings. The molecule has 12 heavy (non-hydrogen) atoms. The van der Waals surface area contributed by atoms with Gasteiger partial charge in [-0.2, -0.15) is 0 Å². The van der Waals surface area contributed by atoms with Crippen LogP contribution in [-0.2, 0) is 4.79 Å². The van der Waals surface area contributed by atoms with Crippen molar-refractivity contribution < 1.29 is 9.53 Å². The van der Waals surface area contributed by atoms with Crippen molar-refractivity contribution in [1.29, 1.82) is 0 Å². The van der Waals surface area contributed by atoms with E-state index in [2.05, 4.69) is 12.2 Å². The van der Waals surface area contributed by atoms with Gasteiger partial charge in [0.15, 0.2) is 0 Å². The molecule has 0 heterocycles. The van der Waals surface area contributed by atoms with Crippen molar-refractivity contribution in [3.63, 3.8) is 0 Å². The lowest BCUT2D eigenvalue weighted by molar-refractivity contribution is -0.112. The fourth-order valence-corrected chi connectivity index (χ4v) is 0.898. The molecule has 0 bridgehead atoms. The van der Waals surface area contributed by atoms with Crippen LogP contribution in [0.15, 0.2) is 24.3 Å². The summed E-state index contributed by atoms with van der Waals surface area (Å²) in [7, 11) is 1.55. The van der Waals surface area contributed by atoms with Gasteiger partial charge in [0.2, 0.25) is 5.91 Å². The van der Waals surface area contributed by atoms with Crippen LogP contribution < -0.4 is 10.1 Å². The van der Waals surface area contributed by atoms with Crippen LogP contribution in [0.1, 0.15) is 0 Å². The third-order valence-electron chi connectivity index (χ3n) is 1.38. The second-order valence-corrected chi connectivity index (χ2v) is 2.25. The maximum Gasteiger partial charge on any atom is 0.224 e. The van der Waals surface area contributed by atoms with Gasteiger partial charge >= 0.3 is 0 Å². The second kappa shape index (κ2) is 3.76. The van der Waals surface area contributed by atoms with Gasteiger partial charge in [0.1, 0.15) is 5.75 Å². The zero-order valence-corrected chi connectivity index (χ0v) is 6.83. The summed E-state index contributed by atoms with van der Waals surface area (Å²) in [5, 5.41) is 2.55. The fourth-order valence-electron chi connectivity index (χ4n) is 0.898. The van der Waals surface area contributed by atoms with Crippen LogP contribution in [0.5, 0.6) is 5.75 Å². The van der Waals surface area contributed by atoms with E-state index in [4.69, 9.17) is 4.74 Å². The van der Waals surface area contributed by atoms with Crippen molar-refractivity contribution in [1.82, 2.24) is 0 Å². The SMILES string of the molecule is [CH2]C(=O)Nc1ccccc1OC. The highest BCUT2D eigenvalue weighted by Crippen LogP contribution is 2.22. The van der Waals surface area contributed by atoms with Gasteiger partial charge in [-0.1, -0.05) is 12.1 Å². The van der Waals surface area contributed by atoms with E-state index in [9.17, 15) is 4.79 Å². The van der Waals surface area contributed by atoms with Crippen molar-refractivity contribution in [3.8, 4) is 5.75 Å². The maximum atomic E-state index is 10.6. The molecule has 0 atom stereocenters. The minimum atomic E-state index is -0.348. The predicted octanol–water partition coefficient (Wildman–Crippen LogP) is 1.47. The minimum Gasteiger partial charge on any atom is -0.495 e. The first-order valence-corrected chi connectivity index (χ1v) is 3.50. The number of para-hydroxylation sites is 2. The number of hydrogen-bond acceptors (Lipinski definition) is 2. The average Bonchev–Trinajstić information content (AvgIpc) is 2.04. The molecular formula is C9H10NO2. The molecule has 63 valence electrons. The molecule has 0 aliphatic heterocycles. The third-order valence-corrected chi connectivity index (χ3v) is 1.38. The number of methoxy groups -OCH3 is 1. The molecule has 0 unspecified atom stereocenters. The number of carbonyl (C=O) groups excluding carboxylic acids is 1. The van der Waals surface area contributed by atoms with Crippen LogP contribution in [-0.4, -0.2) is 13.0 Å². The molecule has 0 aromatic heterocycles. The monoisotopic (exact) mass is 164 g/mol. The molecule has 0 aliphatic carbocycles. The van der Waals surface area contributed by atoms with E-state index in [1.807, 2.05) is 12.1 Å². The quantitative estimate of drug-likeness (QED) is 0.718. The van der Waals surface area contributed by atoms with E-state index < -0.39 is 0 Å². The summed E-state index contributed by atoms with van der Waals surface area (Å²) in [6.45, 7) is 3.20. The molecule has 3 heteroatoms. The lowest BCUT2D eigenvalue weighted by Gasteiger charge is -2.06. The Kier molecular flexibility index (Phi) is 2.69. The fraction of sp³-hybridized carbons (Fsp3) is 0.111. The van der Waals surface area contributed by atoms with Crippen LogP contribution in [0.3, 0.4) is 0 Å². The first-order chi connectivity index (χ1) is 5.74. The van der Waals surface area contributed by atoms with Gasteiger partial charge in [0.25, 0.3) is 0 Å². The molecule has 1 aromatic rings. The highest BCUT2D eigenvalue weighted by molar-refractivity contribution is 5.95. The highest BCUT2D eigenvalue weighted by Gasteiger charge is 2.01. The van der Waals surface area contributed by atoms with Gasteiger partial charge in [-0.15, -0.1) is 0 Å². The van der Waals surface area contributed by atoms with E-state index >= 15 is 0 Å². The Morgan fingerprint density at radius 2 is 2.17 bits per heavy atom. The van der Waals surface area contributed by atoms with Gasteiger partial charge in [-0.3, -0.25) is 4.79 Å². The summed E-state index contributed by atoms with van der Waals surface area (Å²) in [5.41, 5.74) is 0.639. The Hall–Kier alpha value is -1.51. The van der Waals surface area contributed by atoms with Crippen molar-refractivity contribution in [3.05, 3.63) is 31.2 Å².